The Morgan fingerprint density at radius 2 is 1.81 bits per heavy atom. The second-order valence-electron chi connectivity index (χ2n) is 7.23. The molecule has 0 radical (unpaired) electrons. The maximum atomic E-state index is 12.6. The number of aryl methyl sites for hydroxylation is 1. The van der Waals surface area contributed by atoms with E-state index in [4.69, 9.17) is 14.2 Å². The molecule has 0 saturated heterocycles. The molecule has 0 aliphatic heterocycles. The molecule has 7 nitrogen and oxygen atoms in total. The SMILES string of the molecule is COC(=O)CC(NC(=O)CCCc1c[nH]c2ccccc12)c1ccc(OC)c(OC)c1. The maximum Gasteiger partial charge on any atom is 0.307 e. The van der Waals surface area contributed by atoms with Gasteiger partial charge in [0.15, 0.2) is 11.5 Å². The average molecular weight is 424 g/mol. The van der Waals surface area contributed by atoms with Gasteiger partial charge in [-0.2, -0.15) is 0 Å². The van der Waals surface area contributed by atoms with Gasteiger partial charge < -0.3 is 24.5 Å². The molecule has 0 spiro atoms. The second-order valence-corrected chi connectivity index (χ2v) is 7.23. The van der Waals surface area contributed by atoms with Crippen molar-refractivity contribution in [2.24, 2.45) is 0 Å². The molecule has 2 aromatic carbocycles. The normalized spacial score (nSPS) is 11.7. The zero-order valence-corrected chi connectivity index (χ0v) is 18.1. The molecule has 1 amide bonds. The van der Waals surface area contributed by atoms with Crippen molar-refractivity contribution in [1.29, 1.82) is 0 Å². The smallest absolute Gasteiger partial charge is 0.307 e. The average Bonchev–Trinajstić information content (AvgIpc) is 3.21. The summed E-state index contributed by atoms with van der Waals surface area (Å²) >= 11 is 0. The predicted octanol–water partition coefficient (Wildman–Crippen LogP) is 3.93. The summed E-state index contributed by atoms with van der Waals surface area (Å²) in [4.78, 5) is 27.8. The minimum Gasteiger partial charge on any atom is -0.493 e. The predicted molar refractivity (Wildman–Crippen MR) is 118 cm³/mol. The largest absolute Gasteiger partial charge is 0.493 e. The monoisotopic (exact) mass is 424 g/mol. The van der Waals surface area contributed by atoms with E-state index in [-0.39, 0.29) is 12.3 Å². The lowest BCUT2D eigenvalue weighted by atomic mass is 10.0. The van der Waals surface area contributed by atoms with E-state index in [1.165, 1.54) is 18.1 Å². The van der Waals surface area contributed by atoms with Gasteiger partial charge in [-0.25, -0.2) is 0 Å². The first kappa shape index (κ1) is 22.2. The second kappa shape index (κ2) is 10.5. The van der Waals surface area contributed by atoms with Crippen molar-refractivity contribution in [3.05, 3.63) is 59.8 Å². The van der Waals surface area contributed by atoms with Crippen LogP contribution >= 0.6 is 0 Å². The Hall–Kier alpha value is -3.48. The number of para-hydroxylation sites is 1. The van der Waals surface area contributed by atoms with Gasteiger partial charge in [0.2, 0.25) is 5.91 Å². The van der Waals surface area contributed by atoms with E-state index < -0.39 is 12.0 Å². The third-order valence-corrected chi connectivity index (χ3v) is 5.27. The number of hydrogen-bond donors (Lipinski definition) is 2. The number of fused-ring (bicyclic) bond motifs is 1. The van der Waals surface area contributed by atoms with Gasteiger partial charge in [0.1, 0.15) is 0 Å². The van der Waals surface area contributed by atoms with Gasteiger partial charge in [0.05, 0.1) is 33.8 Å². The summed E-state index contributed by atoms with van der Waals surface area (Å²) < 4.78 is 15.4. The van der Waals surface area contributed by atoms with Crippen molar-refractivity contribution in [2.45, 2.75) is 31.7 Å². The number of hydrogen-bond acceptors (Lipinski definition) is 5. The van der Waals surface area contributed by atoms with Crippen LogP contribution < -0.4 is 14.8 Å². The standard InChI is InChI=1S/C24H28N2O5/c1-29-21-12-11-16(13-22(21)30-2)20(14-24(28)31-3)26-23(27)10-6-7-17-15-25-19-9-5-4-8-18(17)19/h4-5,8-9,11-13,15,20,25H,6-7,10,14H2,1-3H3,(H,26,27). The summed E-state index contributed by atoms with van der Waals surface area (Å²) in [6.07, 6.45) is 3.86. The first-order valence-electron chi connectivity index (χ1n) is 10.2. The number of carbonyl (C=O) groups excluding carboxylic acids is 2. The molecule has 1 unspecified atom stereocenters. The van der Waals surface area contributed by atoms with E-state index in [1.54, 1.807) is 32.4 Å². The van der Waals surface area contributed by atoms with Gasteiger partial charge in [0, 0.05) is 23.5 Å². The Bertz CT molecular complexity index is 1040. The number of ether oxygens (including phenoxy) is 3. The summed E-state index contributed by atoms with van der Waals surface area (Å²) in [5, 5.41) is 4.14. The molecular formula is C24H28N2O5. The Morgan fingerprint density at radius 3 is 2.55 bits per heavy atom. The molecular weight excluding hydrogens is 396 g/mol. The summed E-state index contributed by atoms with van der Waals surface area (Å²) in [5.74, 6) is 0.582. The van der Waals surface area contributed by atoms with Crippen LogP contribution in [0.4, 0.5) is 0 Å². The van der Waals surface area contributed by atoms with Crippen LogP contribution in [-0.4, -0.2) is 38.2 Å². The molecule has 7 heteroatoms. The molecule has 3 rings (SSSR count). The number of H-pyrrole nitrogens is 1. The summed E-state index contributed by atoms with van der Waals surface area (Å²) in [6, 6.07) is 12.9. The zero-order chi connectivity index (χ0) is 22.2. The molecule has 0 bridgehead atoms. The number of aromatic amines is 1. The van der Waals surface area contributed by atoms with Crippen molar-refractivity contribution < 1.29 is 23.8 Å². The van der Waals surface area contributed by atoms with E-state index >= 15 is 0 Å². The van der Waals surface area contributed by atoms with Crippen LogP contribution in [0.3, 0.4) is 0 Å². The van der Waals surface area contributed by atoms with E-state index in [1.807, 2.05) is 24.4 Å². The third kappa shape index (κ3) is 5.57. The number of benzene rings is 2. The Labute approximate surface area is 181 Å². The molecule has 0 saturated carbocycles. The van der Waals surface area contributed by atoms with Gasteiger partial charge in [-0.05, 0) is 42.2 Å². The van der Waals surface area contributed by atoms with Crippen LogP contribution in [0.25, 0.3) is 10.9 Å². The molecule has 0 aliphatic carbocycles. The van der Waals surface area contributed by atoms with Crippen molar-refractivity contribution in [3.8, 4) is 11.5 Å². The van der Waals surface area contributed by atoms with Gasteiger partial charge >= 0.3 is 5.97 Å². The van der Waals surface area contributed by atoms with E-state index in [0.717, 1.165) is 17.5 Å². The molecule has 164 valence electrons. The number of aromatic nitrogens is 1. The fourth-order valence-corrected chi connectivity index (χ4v) is 3.62. The third-order valence-electron chi connectivity index (χ3n) is 5.27. The van der Waals surface area contributed by atoms with Crippen LogP contribution in [0.2, 0.25) is 0 Å². The minimum atomic E-state index is -0.521. The van der Waals surface area contributed by atoms with Crippen molar-refractivity contribution in [1.82, 2.24) is 10.3 Å². The maximum absolute atomic E-state index is 12.6. The quantitative estimate of drug-likeness (QED) is 0.482. The Morgan fingerprint density at radius 1 is 1.03 bits per heavy atom. The number of methoxy groups -OCH3 is 3. The first-order valence-corrected chi connectivity index (χ1v) is 10.2. The summed E-state index contributed by atoms with van der Waals surface area (Å²) in [7, 11) is 4.43. The molecule has 0 aliphatic rings. The lowest BCUT2D eigenvalue weighted by molar-refractivity contribution is -0.141. The Balaban J connectivity index is 1.65. The van der Waals surface area contributed by atoms with Gasteiger partial charge in [-0.1, -0.05) is 24.3 Å². The molecule has 2 N–H and O–H groups in total. The molecule has 3 aromatic rings. The topological polar surface area (TPSA) is 89.7 Å². The van der Waals surface area contributed by atoms with Crippen LogP contribution in [0.5, 0.6) is 11.5 Å². The number of rotatable bonds is 10. The van der Waals surface area contributed by atoms with Gasteiger partial charge in [-0.3, -0.25) is 9.59 Å². The van der Waals surface area contributed by atoms with Crippen molar-refractivity contribution in [3.63, 3.8) is 0 Å². The van der Waals surface area contributed by atoms with Crippen LogP contribution in [-0.2, 0) is 20.7 Å². The molecule has 1 atom stereocenters. The molecule has 31 heavy (non-hydrogen) atoms. The number of esters is 1. The van der Waals surface area contributed by atoms with E-state index in [2.05, 4.69) is 16.4 Å². The zero-order valence-electron chi connectivity index (χ0n) is 18.1. The highest BCUT2D eigenvalue weighted by Crippen LogP contribution is 2.31. The molecule has 1 aromatic heterocycles. The van der Waals surface area contributed by atoms with Crippen molar-refractivity contribution in [2.75, 3.05) is 21.3 Å². The van der Waals surface area contributed by atoms with Crippen LogP contribution in [0, 0.1) is 0 Å². The number of nitrogens with one attached hydrogen (secondary N) is 2. The lowest BCUT2D eigenvalue weighted by Crippen LogP contribution is -2.30. The van der Waals surface area contributed by atoms with Gasteiger partial charge in [0.25, 0.3) is 0 Å². The summed E-state index contributed by atoms with van der Waals surface area (Å²) in [6.45, 7) is 0. The lowest BCUT2D eigenvalue weighted by Gasteiger charge is -2.20. The number of amides is 1. The van der Waals surface area contributed by atoms with Crippen molar-refractivity contribution >= 4 is 22.8 Å². The highest BCUT2D eigenvalue weighted by Gasteiger charge is 2.20. The molecule has 0 fully saturated rings. The molecule has 1 heterocycles. The Kier molecular flexibility index (Phi) is 7.54. The highest BCUT2D eigenvalue weighted by molar-refractivity contribution is 5.83. The van der Waals surface area contributed by atoms with Gasteiger partial charge in [-0.15, -0.1) is 0 Å². The number of carbonyl (C=O) groups is 2. The highest BCUT2D eigenvalue weighted by atomic mass is 16.5. The fourth-order valence-electron chi connectivity index (χ4n) is 3.62. The summed E-state index contributed by atoms with van der Waals surface area (Å²) in [5.41, 5.74) is 3.02. The van der Waals surface area contributed by atoms with E-state index in [9.17, 15) is 9.59 Å². The van der Waals surface area contributed by atoms with Crippen LogP contribution in [0.15, 0.2) is 48.7 Å². The minimum absolute atomic E-state index is 0.0279. The van der Waals surface area contributed by atoms with E-state index in [0.29, 0.717) is 24.3 Å². The van der Waals surface area contributed by atoms with Crippen LogP contribution in [0.1, 0.15) is 36.4 Å². The first-order chi connectivity index (χ1) is 15.0. The fraction of sp³-hybridized carbons (Fsp3) is 0.333.